The van der Waals surface area contributed by atoms with Crippen LogP contribution in [0.25, 0.3) is 0 Å². The van der Waals surface area contributed by atoms with E-state index in [4.69, 9.17) is 0 Å². The summed E-state index contributed by atoms with van der Waals surface area (Å²) in [6, 6.07) is 0. The molecule has 48 valence electrons. The van der Waals surface area contributed by atoms with Crippen LogP contribution in [-0.2, 0) is 4.79 Å². The normalized spacial score (nSPS) is 31.2. The van der Waals surface area contributed by atoms with Crippen LogP contribution >= 0.6 is 0 Å². The lowest BCUT2D eigenvalue weighted by Crippen LogP contribution is -2.21. The van der Waals surface area contributed by atoms with Gasteiger partial charge in [0.2, 0.25) is 0 Å². The van der Waals surface area contributed by atoms with Crippen LogP contribution in [0.2, 0.25) is 0 Å². The molecule has 0 N–H and O–H groups in total. The molecule has 1 unspecified atom stereocenters. The predicted molar refractivity (Wildman–Crippen MR) is 36.7 cm³/mol. The molecular weight excluding hydrogens is 114 g/mol. The third-order valence-corrected chi connectivity index (χ3v) is 1.56. The number of carbonyl (C=O) groups is 1. The van der Waals surface area contributed by atoms with Crippen LogP contribution in [0.1, 0.15) is 13.3 Å². The molecule has 0 fully saturated rings. The molecule has 1 atom stereocenters. The smallest absolute Gasteiger partial charge is 0.151 e. The molecule has 0 bridgehead atoms. The Hall–Kier alpha value is -0.920. The minimum absolute atomic E-state index is 0.514. The van der Waals surface area contributed by atoms with Crippen molar-refractivity contribution in [1.29, 1.82) is 0 Å². The Morgan fingerprint density at radius 2 is 2.56 bits per heavy atom. The van der Waals surface area contributed by atoms with E-state index in [1.54, 1.807) is 12.3 Å². The lowest BCUT2D eigenvalue weighted by Gasteiger charge is -2.11. The molecule has 1 rings (SSSR count). The molecule has 0 saturated carbocycles. The molecule has 0 aromatic carbocycles. The van der Waals surface area contributed by atoms with Crippen molar-refractivity contribution in [3.8, 4) is 0 Å². The van der Waals surface area contributed by atoms with E-state index < -0.39 is 5.54 Å². The Morgan fingerprint density at radius 3 is 2.78 bits per heavy atom. The predicted octanol–water partition coefficient (Wildman–Crippen LogP) is 0.975. The van der Waals surface area contributed by atoms with Gasteiger partial charge >= 0.3 is 0 Å². The van der Waals surface area contributed by atoms with Gasteiger partial charge in [-0.2, -0.15) is 0 Å². The molecule has 0 aromatic rings. The molecule has 0 saturated heterocycles. The first kappa shape index (κ1) is 6.20. The standard InChI is InChI=1S/C7H9NO/c1-2-7(6-9)4-3-5-8-7/h3-6H,2H2,1H3. The highest BCUT2D eigenvalue weighted by Crippen LogP contribution is 2.17. The fourth-order valence-electron chi connectivity index (χ4n) is 0.797. The van der Waals surface area contributed by atoms with Crippen molar-refractivity contribution in [1.82, 2.24) is 0 Å². The summed E-state index contributed by atoms with van der Waals surface area (Å²) in [4.78, 5) is 14.4. The van der Waals surface area contributed by atoms with Crippen molar-refractivity contribution in [2.24, 2.45) is 4.99 Å². The average molecular weight is 123 g/mol. The topological polar surface area (TPSA) is 29.4 Å². The van der Waals surface area contributed by atoms with E-state index in [-0.39, 0.29) is 0 Å². The molecule has 0 aliphatic carbocycles. The first-order valence-electron chi connectivity index (χ1n) is 3.02. The van der Waals surface area contributed by atoms with Crippen molar-refractivity contribution in [3.63, 3.8) is 0 Å². The molecular formula is C7H9NO. The maximum absolute atomic E-state index is 10.4. The molecule has 1 aliphatic rings. The molecule has 0 amide bonds. The van der Waals surface area contributed by atoms with Crippen LogP contribution in [-0.4, -0.2) is 18.0 Å². The zero-order valence-electron chi connectivity index (χ0n) is 5.37. The highest BCUT2D eigenvalue weighted by atomic mass is 16.1. The van der Waals surface area contributed by atoms with Crippen molar-refractivity contribution >= 4 is 12.5 Å². The Bertz CT molecular complexity index is 158. The van der Waals surface area contributed by atoms with Crippen LogP contribution in [0.3, 0.4) is 0 Å². The Balaban J connectivity index is 2.81. The summed E-state index contributed by atoms with van der Waals surface area (Å²) in [6.07, 6.45) is 6.92. The van der Waals surface area contributed by atoms with Gasteiger partial charge in [-0.1, -0.05) is 6.92 Å². The Kier molecular flexibility index (Phi) is 1.47. The fraction of sp³-hybridized carbons (Fsp3) is 0.429. The van der Waals surface area contributed by atoms with Gasteiger partial charge in [0.15, 0.2) is 6.29 Å². The summed E-state index contributed by atoms with van der Waals surface area (Å²) < 4.78 is 0. The van der Waals surface area contributed by atoms with Gasteiger partial charge in [-0.15, -0.1) is 0 Å². The second kappa shape index (κ2) is 2.13. The van der Waals surface area contributed by atoms with Crippen molar-refractivity contribution in [2.45, 2.75) is 18.9 Å². The molecule has 2 nitrogen and oxygen atoms in total. The summed E-state index contributed by atoms with van der Waals surface area (Å²) in [5.41, 5.74) is -0.514. The average Bonchev–Trinajstić information content (AvgIpc) is 2.36. The highest BCUT2D eigenvalue weighted by molar-refractivity contribution is 5.83. The summed E-state index contributed by atoms with van der Waals surface area (Å²) in [6.45, 7) is 1.95. The quantitative estimate of drug-likeness (QED) is 0.503. The summed E-state index contributed by atoms with van der Waals surface area (Å²) in [7, 11) is 0. The van der Waals surface area contributed by atoms with Crippen molar-refractivity contribution in [2.75, 3.05) is 0 Å². The van der Waals surface area contributed by atoms with Gasteiger partial charge < -0.3 is 4.79 Å². The van der Waals surface area contributed by atoms with Crippen molar-refractivity contribution < 1.29 is 4.79 Å². The number of nitrogens with zero attached hydrogens (tertiary/aromatic N) is 1. The largest absolute Gasteiger partial charge is 0.300 e. The van der Waals surface area contributed by atoms with E-state index in [2.05, 4.69) is 4.99 Å². The molecule has 1 heterocycles. The molecule has 1 aliphatic heterocycles. The monoisotopic (exact) mass is 123 g/mol. The zero-order valence-corrected chi connectivity index (χ0v) is 5.37. The molecule has 0 spiro atoms. The van der Waals surface area contributed by atoms with E-state index in [1.165, 1.54) is 0 Å². The molecule has 9 heavy (non-hydrogen) atoms. The van der Waals surface area contributed by atoms with E-state index >= 15 is 0 Å². The SMILES string of the molecule is CCC1(C=O)C=CC=N1. The number of rotatable bonds is 2. The van der Waals surface area contributed by atoms with Crippen LogP contribution in [0.15, 0.2) is 17.1 Å². The Morgan fingerprint density at radius 1 is 1.78 bits per heavy atom. The van der Waals surface area contributed by atoms with E-state index in [9.17, 15) is 4.79 Å². The minimum Gasteiger partial charge on any atom is -0.300 e. The van der Waals surface area contributed by atoms with E-state index in [0.717, 1.165) is 12.7 Å². The third kappa shape index (κ3) is 0.922. The fourth-order valence-corrected chi connectivity index (χ4v) is 0.797. The van der Waals surface area contributed by atoms with Gasteiger partial charge in [0.25, 0.3) is 0 Å². The lowest BCUT2D eigenvalue weighted by atomic mass is 10.0. The summed E-state index contributed by atoms with van der Waals surface area (Å²) in [5.74, 6) is 0. The molecule has 2 heteroatoms. The van der Waals surface area contributed by atoms with E-state index in [0.29, 0.717) is 0 Å². The molecule has 0 radical (unpaired) electrons. The van der Waals surface area contributed by atoms with Gasteiger partial charge in [0, 0.05) is 6.21 Å². The lowest BCUT2D eigenvalue weighted by molar-refractivity contribution is -0.110. The number of aldehydes is 1. The van der Waals surface area contributed by atoms with Crippen LogP contribution in [0.4, 0.5) is 0 Å². The summed E-state index contributed by atoms with van der Waals surface area (Å²) >= 11 is 0. The molecule has 0 aromatic heterocycles. The van der Waals surface area contributed by atoms with Gasteiger partial charge in [-0.25, -0.2) is 0 Å². The number of aliphatic imine (C=N–C) groups is 1. The summed E-state index contributed by atoms with van der Waals surface area (Å²) in [5, 5.41) is 0. The first-order chi connectivity index (χ1) is 4.33. The van der Waals surface area contributed by atoms with Crippen molar-refractivity contribution in [3.05, 3.63) is 12.2 Å². The van der Waals surface area contributed by atoms with Crippen LogP contribution in [0.5, 0.6) is 0 Å². The Labute approximate surface area is 54.3 Å². The number of carbonyl (C=O) groups excluding carboxylic acids is 1. The maximum atomic E-state index is 10.4. The van der Waals surface area contributed by atoms with Crippen LogP contribution in [0, 0.1) is 0 Å². The van der Waals surface area contributed by atoms with Gasteiger partial charge in [-0.05, 0) is 18.6 Å². The third-order valence-electron chi connectivity index (χ3n) is 1.56. The van der Waals surface area contributed by atoms with Gasteiger partial charge in [-0.3, -0.25) is 4.99 Å². The zero-order chi connectivity index (χ0) is 6.74. The highest BCUT2D eigenvalue weighted by Gasteiger charge is 2.23. The van der Waals surface area contributed by atoms with E-state index in [1.807, 2.05) is 13.0 Å². The first-order valence-corrected chi connectivity index (χ1v) is 3.02. The van der Waals surface area contributed by atoms with Crippen LogP contribution < -0.4 is 0 Å². The number of allylic oxidation sites excluding steroid dienone is 1. The minimum atomic E-state index is -0.514. The second-order valence-electron chi connectivity index (χ2n) is 2.10. The van der Waals surface area contributed by atoms with Gasteiger partial charge in [0.1, 0.15) is 5.54 Å². The number of hydrogen-bond acceptors (Lipinski definition) is 2. The maximum Gasteiger partial charge on any atom is 0.151 e. The number of hydrogen-bond donors (Lipinski definition) is 0. The van der Waals surface area contributed by atoms with Gasteiger partial charge in [0.05, 0.1) is 0 Å². The second-order valence-corrected chi connectivity index (χ2v) is 2.10.